The summed E-state index contributed by atoms with van der Waals surface area (Å²) in [5, 5.41) is 42.2. The summed E-state index contributed by atoms with van der Waals surface area (Å²) in [5.74, 6) is -7.98. The molecule has 0 fully saturated rings. The second kappa shape index (κ2) is 15.1. The molecule has 34 heavy (non-hydrogen) atoms. The Morgan fingerprint density at radius 3 is 1.56 bits per heavy atom. The van der Waals surface area contributed by atoms with E-state index in [1.807, 2.05) is 5.32 Å². The number of primary amides is 1. The standard InChI is InChI=1S/C18H29N5O11/c19-8(1-5-13(26)27)15(30)21-9(2-4-12(20)25)16(31)23-11(7-24)17(32)22-10(18(33)34)3-6-14(28)29/h8-11,24H,1-7,19H2,(H2,20,25)(H,21,30)(H,22,32)(H,23,31)(H,26,27)(H,28,29)(H,33,34). The van der Waals surface area contributed by atoms with Crippen molar-refractivity contribution in [2.24, 2.45) is 11.5 Å². The van der Waals surface area contributed by atoms with E-state index >= 15 is 0 Å². The van der Waals surface area contributed by atoms with Gasteiger partial charge in [0.25, 0.3) is 0 Å². The monoisotopic (exact) mass is 491 g/mol. The summed E-state index contributed by atoms with van der Waals surface area (Å²) >= 11 is 0. The van der Waals surface area contributed by atoms with Crippen LogP contribution in [0.25, 0.3) is 0 Å². The van der Waals surface area contributed by atoms with Gasteiger partial charge < -0.3 is 47.8 Å². The number of carbonyl (C=O) groups is 7. The summed E-state index contributed by atoms with van der Waals surface area (Å²) in [4.78, 5) is 80.6. The zero-order chi connectivity index (χ0) is 26.4. The van der Waals surface area contributed by atoms with Crippen molar-refractivity contribution in [3.05, 3.63) is 0 Å². The van der Waals surface area contributed by atoms with Gasteiger partial charge in [0.2, 0.25) is 23.6 Å². The van der Waals surface area contributed by atoms with E-state index in [4.69, 9.17) is 26.8 Å². The van der Waals surface area contributed by atoms with Crippen molar-refractivity contribution in [1.29, 1.82) is 0 Å². The van der Waals surface area contributed by atoms with Gasteiger partial charge in [-0.25, -0.2) is 4.79 Å². The normalized spacial score (nSPS) is 14.1. The summed E-state index contributed by atoms with van der Waals surface area (Å²) in [5.41, 5.74) is 10.6. The number of amides is 4. The van der Waals surface area contributed by atoms with Gasteiger partial charge in [0, 0.05) is 19.3 Å². The smallest absolute Gasteiger partial charge is 0.326 e. The molecule has 0 radical (unpaired) electrons. The summed E-state index contributed by atoms with van der Waals surface area (Å²) in [7, 11) is 0. The quantitative estimate of drug-likeness (QED) is 0.0936. The van der Waals surface area contributed by atoms with Crippen molar-refractivity contribution in [2.75, 3.05) is 6.61 Å². The van der Waals surface area contributed by atoms with E-state index in [9.17, 15) is 38.7 Å². The summed E-state index contributed by atoms with van der Waals surface area (Å²) in [6.45, 7) is -0.989. The zero-order valence-corrected chi connectivity index (χ0v) is 18.1. The molecule has 0 heterocycles. The lowest BCUT2D eigenvalue weighted by Crippen LogP contribution is -2.58. The Balaban J connectivity index is 5.29. The third-order valence-electron chi connectivity index (χ3n) is 4.40. The van der Waals surface area contributed by atoms with Gasteiger partial charge in [0.15, 0.2) is 0 Å². The van der Waals surface area contributed by atoms with Crippen LogP contribution in [0.1, 0.15) is 38.5 Å². The van der Waals surface area contributed by atoms with Crippen molar-refractivity contribution in [3.8, 4) is 0 Å². The molecule has 0 bridgehead atoms. The molecule has 0 aromatic rings. The van der Waals surface area contributed by atoms with E-state index in [2.05, 4.69) is 10.6 Å². The fraction of sp³-hybridized carbons (Fsp3) is 0.611. The van der Waals surface area contributed by atoms with Crippen LogP contribution in [0, 0.1) is 0 Å². The minimum Gasteiger partial charge on any atom is -0.481 e. The molecule has 0 rings (SSSR count). The van der Waals surface area contributed by atoms with Crippen LogP contribution in [0.3, 0.4) is 0 Å². The first kappa shape index (κ1) is 30.2. The average Bonchev–Trinajstić information content (AvgIpc) is 2.74. The summed E-state index contributed by atoms with van der Waals surface area (Å²) in [6.07, 6.45) is -2.40. The van der Waals surface area contributed by atoms with E-state index in [0.717, 1.165) is 0 Å². The van der Waals surface area contributed by atoms with Crippen LogP contribution in [-0.4, -0.2) is 92.7 Å². The number of rotatable bonds is 17. The minimum atomic E-state index is -1.69. The highest BCUT2D eigenvalue weighted by atomic mass is 16.4. The minimum absolute atomic E-state index is 0.250. The summed E-state index contributed by atoms with van der Waals surface area (Å²) in [6, 6.07) is -6.07. The molecule has 0 saturated heterocycles. The maximum atomic E-state index is 12.6. The van der Waals surface area contributed by atoms with Crippen LogP contribution in [0.15, 0.2) is 0 Å². The Bertz CT molecular complexity index is 788. The van der Waals surface area contributed by atoms with E-state index in [1.54, 1.807) is 0 Å². The lowest BCUT2D eigenvalue weighted by Gasteiger charge is -2.24. The fourth-order valence-electron chi connectivity index (χ4n) is 2.51. The van der Waals surface area contributed by atoms with E-state index in [-0.39, 0.29) is 19.3 Å². The Labute approximate surface area is 193 Å². The predicted octanol–water partition coefficient (Wildman–Crippen LogP) is -4.16. The Morgan fingerprint density at radius 1 is 0.647 bits per heavy atom. The number of aliphatic hydroxyl groups is 1. The highest BCUT2D eigenvalue weighted by molar-refractivity contribution is 5.94. The van der Waals surface area contributed by atoms with Crippen LogP contribution in [0.5, 0.6) is 0 Å². The number of carboxylic acid groups (broad SMARTS) is 3. The average molecular weight is 491 g/mol. The molecule has 4 atom stereocenters. The number of nitrogens with one attached hydrogen (secondary N) is 3. The molecule has 0 aliphatic rings. The Hall–Kier alpha value is -3.79. The molecular weight excluding hydrogens is 462 g/mol. The van der Waals surface area contributed by atoms with Crippen LogP contribution in [0.2, 0.25) is 0 Å². The molecule has 0 aromatic heterocycles. The lowest BCUT2D eigenvalue weighted by molar-refractivity contribution is -0.144. The maximum absolute atomic E-state index is 12.6. The third kappa shape index (κ3) is 12.3. The van der Waals surface area contributed by atoms with Crippen molar-refractivity contribution in [3.63, 3.8) is 0 Å². The first-order valence-corrected chi connectivity index (χ1v) is 10.0. The van der Waals surface area contributed by atoms with Crippen molar-refractivity contribution < 1.29 is 54.0 Å². The van der Waals surface area contributed by atoms with Crippen LogP contribution in [-0.2, 0) is 33.6 Å². The van der Waals surface area contributed by atoms with E-state index in [1.165, 1.54) is 0 Å². The molecule has 4 amide bonds. The number of hydrogen-bond acceptors (Lipinski definition) is 9. The number of carbonyl (C=O) groups excluding carboxylic acids is 4. The van der Waals surface area contributed by atoms with Crippen molar-refractivity contribution in [2.45, 2.75) is 62.7 Å². The molecule has 0 spiro atoms. The molecule has 16 heteroatoms. The van der Waals surface area contributed by atoms with Gasteiger partial charge in [-0.15, -0.1) is 0 Å². The topological polar surface area (TPSA) is 289 Å². The van der Waals surface area contributed by atoms with Crippen molar-refractivity contribution in [1.82, 2.24) is 16.0 Å². The number of aliphatic hydroxyl groups excluding tert-OH is 1. The number of aliphatic carboxylic acids is 3. The Morgan fingerprint density at radius 2 is 1.09 bits per heavy atom. The van der Waals surface area contributed by atoms with Gasteiger partial charge in [-0.05, 0) is 19.3 Å². The van der Waals surface area contributed by atoms with Gasteiger partial charge in [-0.2, -0.15) is 0 Å². The predicted molar refractivity (Wildman–Crippen MR) is 111 cm³/mol. The maximum Gasteiger partial charge on any atom is 0.326 e. The fourth-order valence-corrected chi connectivity index (χ4v) is 2.51. The molecule has 0 aromatic carbocycles. The molecule has 11 N–H and O–H groups in total. The van der Waals surface area contributed by atoms with Gasteiger partial charge in [0.1, 0.15) is 18.1 Å². The second-order valence-electron chi connectivity index (χ2n) is 7.18. The number of nitrogens with two attached hydrogens (primary N) is 2. The first-order valence-electron chi connectivity index (χ1n) is 10.0. The van der Waals surface area contributed by atoms with Gasteiger partial charge >= 0.3 is 17.9 Å². The molecule has 0 saturated carbocycles. The Kier molecular flexibility index (Phi) is 13.4. The molecule has 0 aliphatic heterocycles. The van der Waals surface area contributed by atoms with Gasteiger partial charge in [-0.3, -0.25) is 28.8 Å². The number of hydrogen-bond donors (Lipinski definition) is 9. The number of carboxylic acids is 3. The lowest BCUT2D eigenvalue weighted by atomic mass is 10.1. The van der Waals surface area contributed by atoms with Gasteiger partial charge in [0.05, 0.1) is 12.6 Å². The zero-order valence-electron chi connectivity index (χ0n) is 18.1. The largest absolute Gasteiger partial charge is 0.481 e. The molecule has 192 valence electrons. The third-order valence-corrected chi connectivity index (χ3v) is 4.40. The van der Waals surface area contributed by atoms with Crippen molar-refractivity contribution >= 4 is 41.5 Å². The van der Waals surface area contributed by atoms with E-state index in [0.29, 0.717) is 0 Å². The highest BCUT2D eigenvalue weighted by Gasteiger charge is 2.30. The van der Waals surface area contributed by atoms with Crippen LogP contribution in [0.4, 0.5) is 0 Å². The van der Waals surface area contributed by atoms with Crippen LogP contribution < -0.4 is 27.4 Å². The second-order valence-corrected chi connectivity index (χ2v) is 7.18. The van der Waals surface area contributed by atoms with E-state index < -0.39 is 91.6 Å². The van der Waals surface area contributed by atoms with Crippen LogP contribution >= 0.6 is 0 Å². The highest BCUT2D eigenvalue weighted by Crippen LogP contribution is 2.03. The molecular formula is C18H29N5O11. The van der Waals surface area contributed by atoms with Gasteiger partial charge in [-0.1, -0.05) is 0 Å². The molecule has 0 aliphatic carbocycles. The SMILES string of the molecule is NC(=O)CCC(NC(=O)C(N)CCC(=O)O)C(=O)NC(CO)C(=O)NC(CCC(=O)O)C(=O)O. The molecule has 4 unspecified atom stereocenters. The summed E-state index contributed by atoms with van der Waals surface area (Å²) < 4.78 is 0. The molecule has 16 nitrogen and oxygen atoms in total. The first-order chi connectivity index (χ1) is 15.8.